The van der Waals surface area contributed by atoms with E-state index in [4.69, 9.17) is 4.74 Å². The minimum atomic E-state index is -0.281. The molecule has 0 aliphatic carbocycles. The number of aromatic amines is 1. The van der Waals surface area contributed by atoms with Crippen LogP contribution in [0.3, 0.4) is 0 Å². The lowest BCUT2D eigenvalue weighted by Crippen LogP contribution is -2.40. The number of rotatable bonds is 8. The van der Waals surface area contributed by atoms with Gasteiger partial charge in [-0.15, -0.1) is 0 Å². The molecule has 166 valence electrons. The molecule has 2 heterocycles. The molecule has 1 N–H and O–H groups in total. The van der Waals surface area contributed by atoms with E-state index in [2.05, 4.69) is 24.0 Å². The second kappa shape index (κ2) is 10.9. The van der Waals surface area contributed by atoms with Crippen LogP contribution in [0.25, 0.3) is 0 Å². The van der Waals surface area contributed by atoms with Gasteiger partial charge in [0.2, 0.25) is 11.8 Å². The molecule has 1 aromatic carbocycles. The Morgan fingerprint density at radius 1 is 1.16 bits per heavy atom. The van der Waals surface area contributed by atoms with Gasteiger partial charge in [-0.05, 0) is 17.5 Å². The van der Waals surface area contributed by atoms with Crippen molar-refractivity contribution in [2.45, 2.75) is 39.4 Å². The van der Waals surface area contributed by atoms with Crippen molar-refractivity contribution in [3.05, 3.63) is 64.1 Å². The van der Waals surface area contributed by atoms with Gasteiger partial charge in [0.25, 0.3) is 5.56 Å². The van der Waals surface area contributed by atoms with Crippen molar-refractivity contribution < 1.29 is 14.3 Å². The van der Waals surface area contributed by atoms with Gasteiger partial charge in [0.05, 0.1) is 24.9 Å². The van der Waals surface area contributed by atoms with Gasteiger partial charge in [-0.25, -0.2) is 5.10 Å². The van der Waals surface area contributed by atoms with Crippen LogP contribution >= 0.6 is 0 Å². The Hall–Kier alpha value is -3.00. The summed E-state index contributed by atoms with van der Waals surface area (Å²) in [6, 6.07) is 12.9. The number of aryl methyl sites for hydroxylation is 1. The lowest BCUT2D eigenvalue weighted by molar-refractivity contribution is -0.139. The van der Waals surface area contributed by atoms with Gasteiger partial charge in [-0.1, -0.05) is 44.2 Å². The Balaban J connectivity index is 1.66. The van der Waals surface area contributed by atoms with Crippen LogP contribution in [-0.4, -0.2) is 64.1 Å². The smallest absolute Gasteiger partial charge is 0.264 e. The molecule has 0 radical (unpaired) electrons. The fraction of sp³-hybridized carbons (Fsp3) is 0.478. The topological polar surface area (TPSA) is 95.6 Å². The quantitative estimate of drug-likeness (QED) is 0.692. The second-order valence-electron chi connectivity index (χ2n) is 8.30. The maximum Gasteiger partial charge on any atom is 0.264 e. The van der Waals surface area contributed by atoms with Gasteiger partial charge in [0.15, 0.2) is 0 Å². The van der Waals surface area contributed by atoms with E-state index < -0.39 is 0 Å². The van der Waals surface area contributed by atoms with E-state index in [1.165, 1.54) is 6.07 Å². The molecule has 2 amide bonds. The van der Waals surface area contributed by atoms with Crippen LogP contribution < -0.4 is 5.56 Å². The maximum absolute atomic E-state index is 12.9. The van der Waals surface area contributed by atoms with Crippen LogP contribution in [0.2, 0.25) is 0 Å². The molecule has 8 heteroatoms. The number of benzene rings is 1. The van der Waals surface area contributed by atoms with Gasteiger partial charge >= 0.3 is 0 Å². The lowest BCUT2D eigenvalue weighted by atomic mass is 10.2. The van der Waals surface area contributed by atoms with Crippen LogP contribution in [0.5, 0.6) is 0 Å². The molecule has 1 aliphatic rings. The number of hydrogen-bond donors (Lipinski definition) is 1. The molecule has 8 nitrogen and oxygen atoms in total. The highest BCUT2D eigenvalue weighted by atomic mass is 16.5. The predicted octanol–water partition coefficient (Wildman–Crippen LogP) is 1.61. The van der Waals surface area contributed by atoms with Crippen LogP contribution in [0, 0.1) is 5.92 Å². The molecule has 0 spiro atoms. The molecule has 1 saturated heterocycles. The van der Waals surface area contributed by atoms with Crippen molar-refractivity contribution in [3.63, 3.8) is 0 Å². The van der Waals surface area contributed by atoms with Gasteiger partial charge in [-0.3, -0.25) is 14.4 Å². The average molecular weight is 427 g/mol. The summed E-state index contributed by atoms with van der Waals surface area (Å²) in [6.45, 7) is 6.08. The zero-order valence-corrected chi connectivity index (χ0v) is 18.1. The first-order valence-electron chi connectivity index (χ1n) is 10.7. The van der Waals surface area contributed by atoms with Crippen LogP contribution in [0.1, 0.15) is 31.5 Å². The number of aromatic nitrogens is 2. The zero-order chi connectivity index (χ0) is 22.2. The molecule has 0 saturated carbocycles. The van der Waals surface area contributed by atoms with Crippen molar-refractivity contribution in [2.24, 2.45) is 5.92 Å². The largest absolute Gasteiger partial charge is 0.370 e. The molecule has 1 aromatic heterocycles. The summed E-state index contributed by atoms with van der Waals surface area (Å²) in [4.78, 5) is 40.2. The molecule has 2 aromatic rings. The van der Waals surface area contributed by atoms with Gasteiger partial charge in [0.1, 0.15) is 0 Å². The van der Waals surface area contributed by atoms with Crippen molar-refractivity contribution in [1.82, 2.24) is 20.0 Å². The fourth-order valence-electron chi connectivity index (χ4n) is 3.59. The van der Waals surface area contributed by atoms with Gasteiger partial charge in [0, 0.05) is 38.5 Å². The predicted molar refractivity (Wildman–Crippen MR) is 116 cm³/mol. The van der Waals surface area contributed by atoms with Crippen LogP contribution in [0.15, 0.2) is 47.3 Å². The summed E-state index contributed by atoms with van der Waals surface area (Å²) in [6.07, 6.45) is 0.341. The Bertz CT molecular complexity index is 908. The highest BCUT2D eigenvalue weighted by molar-refractivity contribution is 5.85. The monoisotopic (exact) mass is 426 g/mol. The molecular weight excluding hydrogens is 396 g/mol. The molecule has 31 heavy (non-hydrogen) atoms. The van der Waals surface area contributed by atoms with Crippen molar-refractivity contribution in [2.75, 3.05) is 26.2 Å². The summed E-state index contributed by atoms with van der Waals surface area (Å²) in [5.74, 6) is 0.142. The van der Waals surface area contributed by atoms with Crippen molar-refractivity contribution in [1.29, 1.82) is 0 Å². The number of hydrogen-bond acceptors (Lipinski definition) is 5. The number of nitrogens with one attached hydrogen (secondary N) is 1. The third-order valence-electron chi connectivity index (χ3n) is 5.13. The van der Waals surface area contributed by atoms with Crippen molar-refractivity contribution >= 4 is 11.8 Å². The van der Waals surface area contributed by atoms with E-state index in [0.717, 1.165) is 5.56 Å². The molecule has 0 unspecified atom stereocenters. The summed E-state index contributed by atoms with van der Waals surface area (Å²) < 4.78 is 6.13. The van der Waals surface area contributed by atoms with E-state index in [1.807, 2.05) is 30.3 Å². The van der Waals surface area contributed by atoms with E-state index in [9.17, 15) is 14.4 Å². The highest BCUT2D eigenvalue weighted by Crippen LogP contribution is 2.14. The van der Waals surface area contributed by atoms with E-state index in [0.29, 0.717) is 44.3 Å². The third-order valence-corrected chi connectivity index (χ3v) is 5.13. The Kier molecular flexibility index (Phi) is 7.94. The van der Waals surface area contributed by atoms with Gasteiger partial charge in [-0.2, -0.15) is 5.10 Å². The standard InChI is InChI=1S/C23H30N4O4/c1-17(2)12-26-13-20(31-16-18-6-4-3-5-7-18)14-27(15-23(26)30)22(29)11-9-19-8-10-21(28)25-24-19/h3-8,10,17,20H,9,11-16H2,1-2H3,(H,25,28)/t20-/m1/s1. The minimum Gasteiger partial charge on any atom is -0.370 e. The molecule has 3 rings (SSSR count). The first kappa shape index (κ1) is 22.7. The second-order valence-corrected chi connectivity index (χ2v) is 8.30. The van der Waals surface area contributed by atoms with E-state index >= 15 is 0 Å². The number of amides is 2. The Morgan fingerprint density at radius 2 is 1.94 bits per heavy atom. The number of nitrogens with zero attached hydrogens (tertiary/aromatic N) is 3. The third kappa shape index (κ3) is 7.03. The molecular formula is C23H30N4O4. The average Bonchev–Trinajstić information content (AvgIpc) is 2.91. The zero-order valence-electron chi connectivity index (χ0n) is 18.1. The summed E-state index contributed by atoms with van der Waals surface area (Å²) in [7, 11) is 0. The van der Waals surface area contributed by atoms with Gasteiger partial charge < -0.3 is 14.5 Å². The summed E-state index contributed by atoms with van der Waals surface area (Å²) >= 11 is 0. The SMILES string of the molecule is CC(C)CN1C[C@@H](OCc2ccccc2)CN(C(=O)CCc2ccc(=O)[nH]n2)CC1=O. The first-order valence-corrected chi connectivity index (χ1v) is 10.7. The number of carbonyl (C=O) groups is 2. The number of carbonyl (C=O) groups excluding carboxylic acids is 2. The number of H-pyrrole nitrogens is 1. The van der Waals surface area contributed by atoms with Crippen LogP contribution in [0.4, 0.5) is 0 Å². The first-order chi connectivity index (χ1) is 14.9. The summed E-state index contributed by atoms with van der Waals surface area (Å²) in [5, 5.41) is 6.32. The molecule has 1 aliphatic heterocycles. The normalized spacial score (nSPS) is 17.1. The summed E-state index contributed by atoms with van der Waals surface area (Å²) in [5.41, 5.74) is 1.40. The highest BCUT2D eigenvalue weighted by Gasteiger charge is 2.31. The van der Waals surface area contributed by atoms with Crippen LogP contribution in [-0.2, 0) is 27.4 Å². The minimum absolute atomic E-state index is 0.0514. The maximum atomic E-state index is 12.9. The van der Waals surface area contributed by atoms with E-state index in [1.54, 1.807) is 15.9 Å². The van der Waals surface area contributed by atoms with Crippen molar-refractivity contribution in [3.8, 4) is 0 Å². The lowest BCUT2D eigenvalue weighted by Gasteiger charge is -2.26. The Labute approximate surface area is 182 Å². The fourth-order valence-corrected chi connectivity index (χ4v) is 3.59. The Morgan fingerprint density at radius 3 is 2.61 bits per heavy atom. The number of ether oxygens (including phenoxy) is 1. The molecule has 0 bridgehead atoms. The van der Waals surface area contributed by atoms with E-state index in [-0.39, 0.29) is 36.4 Å². The molecule has 1 atom stereocenters. The molecule has 1 fully saturated rings.